The largest absolute Gasteiger partial charge is 0.488 e. The maximum Gasteiger partial charge on any atom is 0.336 e. The minimum Gasteiger partial charge on any atom is -0.488 e. The first-order valence-corrected chi connectivity index (χ1v) is 10.3. The first-order valence-electron chi connectivity index (χ1n) is 9.08. The third kappa shape index (κ3) is 4.20. The number of hydrogen-bond acceptors (Lipinski definition) is 2. The average Bonchev–Trinajstić information content (AvgIpc) is 3.11. The van der Waals surface area contributed by atoms with Crippen LogP contribution < -0.4 is 4.74 Å². The highest BCUT2D eigenvalue weighted by atomic mass is 79.9. The predicted octanol–water partition coefficient (Wildman–Crippen LogP) is 6.52. The molecule has 1 aromatic heterocycles. The molecule has 0 radical (unpaired) electrons. The summed E-state index contributed by atoms with van der Waals surface area (Å²) in [7, 11) is 0. The zero-order chi connectivity index (χ0) is 21.3. The summed E-state index contributed by atoms with van der Waals surface area (Å²) >= 11 is 9.29. The number of carboxylic acids is 1. The Bertz CT molecular complexity index is 1250. The van der Waals surface area contributed by atoms with Crippen LogP contribution in [0.25, 0.3) is 10.9 Å². The van der Waals surface area contributed by atoms with Gasteiger partial charge >= 0.3 is 5.97 Å². The summed E-state index contributed by atoms with van der Waals surface area (Å²) in [6.07, 6.45) is 1.85. The van der Waals surface area contributed by atoms with Crippen molar-refractivity contribution in [2.75, 3.05) is 0 Å². The zero-order valence-electron chi connectivity index (χ0n) is 15.6. The first-order chi connectivity index (χ1) is 14.4. The molecule has 7 heteroatoms. The predicted molar refractivity (Wildman–Crippen MR) is 118 cm³/mol. The number of carbonyl (C=O) groups is 1. The van der Waals surface area contributed by atoms with Crippen LogP contribution in [-0.2, 0) is 13.2 Å². The highest BCUT2D eigenvalue weighted by molar-refractivity contribution is 9.10. The highest BCUT2D eigenvalue weighted by Gasteiger charge is 2.13. The molecule has 152 valence electrons. The van der Waals surface area contributed by atoms with Crippen LogP contribution >= 0.6 is 27.5 Å². The van der Waals surface area contributed by atoms with Gasteiger partial charge in [-0.1, -0.05) is 39.7 Å². The topological polar surface area (TPSA) is 51.5 Å². The van der Waals surface area contributed by atoms with Crippen LogP contribution in [0.15, 0.2) is 71.3 Å². The van der Waals surface area contributed by atoms with E-state index in [-0.39, 0.29) is 12.2 Å². The lowest BCUT2D eigenvalue weighted by Gasteiger charge is -2.14. The normalized spacial score (nSPS) is 11.0. The van der Waals surface area contributed by atoms with Crippen LogP contribution in [0.4, 0.5) is 4.39 Å². The summed E-state index contributed by atoms with van der Waals surface area (Å²) in [4.78, 5) is 11.5. The number of fused-ring (bicyclic) bond motifs is 1. The van der Waals surface area contributed by atoms with Gasteiger partial charge in [0.1, 0.15) is 18.2 Å². The number of aromatic nitrogens is 1. The van der Waals surface area contributed by atoms with Gasteiger partial charge < -0.3 is 14.4 Å². The van der Waals surface area contributed by atoms with Gasteiger partial charge in [0.15, 0.2) is 0 Å². The molecule has 0 amide bonds. The van der Waals surface area contributed by atoms with Crippen LogP contribution in [-0.4, -0.2) is 15.6 Å². The van der Waals surface area contributed by atoms with Crippen molar-refractivity contribution in [1.29, 1.82) is 0 Å². The molecule has 0 fully saturated rings. The number of nitrogens with zero attached hydrogens (tertiary/aromatic N) is 1. The molecule has 0 unspecified atom stereocenters. The van der Waals surface area contributed by atoms with E-state index in [9.17, 15) is 14.3 Å². The van der Waals surface area contributed by atoms with E-state index < -0.39 is 11.8 Å². The second-order valence-electron chi connectivity index (χ2n) is 6.76. The number of hydrogen-bond donors (Lipinski definition) is 1. The van der Waals surface area contributed by atoms with Crippen molar-refractivity contribution in [3.8, 4) is 5.75 Å². The first kappa shape index (κ1) is 20.4. The SMILES string of the molecule is O=C(O)c1cccc2c1ccn2Cc1cc(Br)ccc1OCc1ccc(Cl)cc1F. The number of aromatic carboxylic acids is 1. The van der Waals surface area contributed by atoms with E-state index in [1.54, 1.807) is 30.3 Å². The van der Waals surface area contributed by atoms with E-state index in [0.29, 0.717) is 28.3 Å². The molecule has 3 aromatic carbocycles. The zero-order valence-corrected chi connectivity index (χ0v) is 18.0. The molecule has 4 rings (SSSR count). The van der Waals surface area contributed by atoms with E-state index in [1.807, 2.05) is 35.0 Å². The van der Waals surface area contributed by atoms with Gasteiger partial charge in [-0.15, -0.1) is 0 Å². The molecule has 1 N–H and O–H groups in total. The van der Waals surface area contributed by atoms with Gasteiger partial charge in [-0.25, -0.2) is 9.18 Å². The Balaban J connectivity index is 1.64. The van der Waals surface area contributed by atoms with Gasteiger partial charge in [0.05, 0.1) is 12.1 Å². The third-order valence-corrected chi connectivity index (χ3v) is 5.53. The van der Waals surface area contributed by atoms with Crippen molar-refractivity contribution in [1.82, 2.24) is 4.57 Å². The monoisotopic (exact) mass is 487 g/mol. The summed E-state index contributed by atoms with van der Waals surface area (Å²) in [5.74, 6) is -0.766. The minimum absolute atomic E-state index is 0.0627. The summed E-state index contributed by atoms with van der Waals surface area (Å²) in [6, 6.07) is 17.1. The molecule has 1 heterocycles. The third-order valence-electron chi connectivity index (χ3n) is 4.81. The number of ether oxygens (including phenoxy) is 1. The fourth-order valence-corrected chi connectivity index (χ4v) is 3.91. The lowest BCUT2D eigenvalue weighted by Crippen LogP contribution is -2.04. The quantitative estimate of drug-likeness (QED) is 0.336. The van der Waals surface area contributed by atoms with Gasteiger partial charge in [-0.3, -0.25) is 0 Å². The number of rotatable bonds is 6. The van der Waals surface area contributed by atoms with Gasteiger partial charge in [-0.05, 0) is 48.5 Å². The van der Waals surface area contributed by atoms with Crippen LogP contribution in [0, 0.1) is 5.82 Å². The molecule has 0 saturated carbocycles. The van der Waals surface area contributed by atoms with Crippen molar-refractivity contribution in [2.24, 2.45) is 0 Å². The molecular formula is C23H16BrClFNO3. The average molecular weight is 489 g/mol. The Labute approximate surface area is 185 Å². The summed E-state index contributed by atoms with van der Waals surface area (Å²) in [6.45, 7) is 0.525. The van der Waals surface area contributed by atoms with Crippen LogP contribution in [0.3, 0.4) is 0 Å². The fourth-order valence-electron chi connectivity index (χ4n) is 3.34. The van der Waals surface area contributed by atoms with Crippen molar-refractivity contribution in [2.45, 2.75) is 13.2 Å². The lowest BCUT2D eigenvalue weighted by molar-refractivity contribution is 0.0699. The highest BCUT2D eigenvalue weighted by Crippen LogP contribution is 2.28. The maximum atomic E-state index is 14.1. The molecule has 0 bridgehead atoms. The van der Waals surface area contributed by atoms with E-state index >= 15 is 0 Å². The molecule has 0 aliphatic carbocycles. The molecule has 0 spiro atoms. The molecule has 30 heavy (non-hydrogen) atoms. The smallest absolute Gasteiger partial charge is 0.336 e. The van der Waals surface area contributed by atoms with Crippen molar-refractivity contribution >= 4 is 44.4 Å². The van der Waals surface area contributed by atoms with Gasteiger partial charge in [-0.2, -0.15) is 0 Å². The molecule has 4 aromatic rings. The lowest BCUT2D eigenvalue weighted by atomic mass is 10.1. The van der Waals surface area contributed by atoms with Gasteiger partial charge in [0, 0.05) is 37.7 Å². The van der Waals surface area contributed by atoms with Gasteiger partial charge in [0.2, 0.25) is 0 Å². The van der Waals surface area contributed by atoms with E-state index in [2.05, 4.69) is 15.9 Å². The molecular weight excluding hydrogens is 473 g/mol. The second-order valence-corrected chi connectivity index (χ2v) is 8.12. The van der Waals surface area contributed by atoms with E-state index in [0.717, 1.165) is 15.6 Å². The second kappa shape index (κ2) is 8.50. The maximum absolute atomic E-state index is 14.1. The molecule has 4 nitrogen and oxygen atoms in total. The summed E-state index contributed by atoms with van der Waals surface area (Å²) in [5, 5.41) is 10.4. The molecule has 0 aliphatic heterocycles. The Hall–Kier alpha value is -2.83. The standard InChI is InChI=1S/C23H16BrClFNO3/c24-16-5-7-22(30-13-14-4-6-17(25)11-20(14)26)15(10-16)12-27-9-8-18-19(23(28)29)2-1-3-21(18)27/h1-11H,12-13H2,(H,28,29). The molecule has 0 atom stereocenters. The van der Waals surface area contributed by atoms with Crippen LogP contribution in [0.1, 0.15) is 21.5 Å². The van der Waals surface area contributed by atoms with Crippen molar-refractivity contribution < 1.29 is 19.0 Å². The van der Waals surface area contributed by atoms with Crippen molar-refractivity contribution in [3.63, 3.8) is 0 Å². The Morgan fingerprint density at radius 3 is 2.70 bits per heavy atom. The summed E-state index contributed by atoms with van der Waals surface area (Å²) in [5.41, 5.74) is 2.35. The van der Waals surface area contributed by atoms with Gasteiger partial charge in [0.25, 0.3) is 0 Å². The van der Waals surface area contributed by atoms with Crippen LogP contribution in [0.2, 0.25) is 5.02 Å². The number of carboxylic acid groups (broad SMARTS) is 1. The molecule has 0 aliphatic rings. The Kier molecular flexibility index (Phi) is 5.79. The van der Waals surface area contributed by atoms with E-state index in [1.165, 1.54) is 6.07 Å². The minimum atomic E-state index is -0.963. The fraction of sp³-hybridized carbons (Fsp3) is 0.0870. The van der Waals surface area contributed by atoms with E-state index in [4.69, 9.17) is 16.3 Å². The summed E-state index contributed by atoms with van der Waals surface area (Å²) < 4.78 is 22.8. The van der Waals surface area contributed by atoms with Crippen LogP contribution in [0.5, 0.6) is 5.75 Å². The Morgan fingerprint density at radius 2 is 1.93 bits per heavy atom. The Morgan fingerprint density at radius 1 is 1.10 bits per heavy atom. The number of benzene rings is 3. The molecule has 0 saturated heterocycles. The van der Waals surface area contributed by atoms with Crippen molar-refractivity contribution in [3.05, 3.63) is 98.9 Å². The number of halogens is 3.